The van der Waals surface area contributed by atoms with Crippen molar-refractivity contribution in [2.75, 3.05) is 31.1 Å². The highest BCUT2D eigenvalue weighted by Crippen LogP contribution is 2.33. The molecule has 2 amide bonds. The second-order valence-electron chi connectivity index (χ2n) is 9.66. The number of benzene rings is 3. The fourth-order valence-electron chi connectivity index (χ4n) is 4.53. The van der Waals surface area contributed by atoms with Crippen LogP contribution in [0.1, 0.15) is 45.6 Å². The molecule has 0 aliphatic heterocycles. The summed E-state index contributed by atoms with van der Waals surface area (Å²) in [6.45, 7) is 6.05. The lowest BCUT2D eigenvalue weighted by Crippen LogP contribution is -2.52. The summed E-state index contributed by atoms with van der Waals surface area (Å²) < 4.78 is 40.2. The fraction of sp³-hybridized carbons (Fsp3) is 0.375. The average Bonchev–Trinajstić information content (AvgIpc) is 3.01. The Bertz CT molecular complexity index is 1400. The number of sulfonamides is 1. The molecule has 0 aromatic heterocycles. The lowest BCUT2D eigenvalue weighted by Gasteiger charge is -2.33. The Balaban J connectivity index is 2.06. The molecule has 3 rings (SSSR count). The maximum atomic E-state index is 14.2. The van der Waals surface area contributed by atoms with E-state index in [4.69, 9.17) is 9.47 Å². The Labute approximate surface area is 249 Å². The van der Waals surface area contributed by atoms with Gasteiger partial charge in [0.25, 0.3) is 10.0 Å². The van der Waals surface area contributed by atoms with E-state index in [1.165, 1.54) is 17.0 Å². The lowest BCUT2D eigenvalue weighted by molar-refractivity contribution is -0.140. The molecule has 0 heterocycles. The van der Waals surface area contributed by atoms with E-state index in [9.17, 15) is 18.0 Å². The van der Waals surface area contributed by atoms with Gasteiger partial charge >= 0.3 is 0 Å². The van der Waals surface area contributed by atoms with E-state index in [-0.39, 0.29) is 23.0 Å². The standard InChI is InChI=1S/C32H41N3O6S/c1-5-8-22-33-32(37)28(6-2)34(23-25-18-20-26(40-4)21-19-25)31(36)24-35(29-16-12-13-17-30(29)41-7-3)42(38,39)27-14-10-9-11-15-27/h9-21,28H,5-8,22-24H2,1-4H3,(H,33,37). The molecule has 0 saturated heterocycles. The molecular weight excluding hydrogens is 554 g/mol. The Morgan fingerprint density at radius 1 is 0.905 bits per heavy atom. The van der Waals surface area contributed by atoms with Gasteiger partial charge in [0.2, 0.25) is 11.8 Å². The molecule has 0 fully saturated rings. The van der Waals surface area contributed by atoms with Crippen molar-refractivity contribution in [1.29, 1.82) is 0 Å². The lowest BCUT2D eigenvalue weighted by atomic mass is 10.1. The second kappa shape index (κ2) is 15.8. The van der Waals surface area contributed by atoms with Gasteiger partial charge < -0.3 is 19.7 Å². The van der Waals surface area contributed by atoms with Gasteiger partial charge in [-0.1, -0.05) is 62.7 Å². The van der Waals surface area contributed by atoms with Gasteiger partial charge in [-0.25, -0.2) is 8.42 Å². The zero-order valence-electron chi connectivity index (χ0n) is 24.8. The number of methoxy groups -OCH3 is 1. The van der Waals surface area contributed by atoms with Crippen LogP contribution in [-0.2, 0) is 26.2 Å². The Kier molecular flexibility index (Phi) is 12.2. The highest BCUT2D eigenvalue weighted by molar-refractivity contribution is 7.92. The molecule has 1 atom stereocenters. The molecule has 0 radical (unpaired) electrons. The number of para-hydroxylation sites is 2. The number of carbonyl (C=O) groups excluding carboxylic acids is 2. The van der Waals surface area contributed by atoms with Crippen LogP contribution in [0, 0.1) is 0 Å². The van der Waals surface area contributed by atoms with Gasteiger partial charge in [0, 0.05) is 13.1 Å². The van der Waals surface area contributed by atoms with E-state index in [1.807, 2.05) is 26.0 Å². The van der Waals surface area contributed by atoms with Crippen molar-refractivity contribution < 1.29 is 27.5 Å². The first-order chi connectivity index (χ1) is 20.3. The topological polar surface area (TPSA) is 105 Å². The average molecular weight is 596 g/mol. The predicted octanol–water partition coefficient (Wildman–Crippen LogP) is 5.01. The van der Waals surface area contributed by atoms with Crippen LogP contribution in [0.15, 0.2) is 83.8 Å². The molecule has 3 aromatic rings. The molecule has 3 aromatic carbocycles. The monoisotopic (exact) mass is 595 g/mol. The number of amides is 2. The highest BCUT2D eigenvalue weighted by atomic mass is 32.2. The minimum Gasteiger partial charge on any atom is -0.497 e. The molecule has 9 nitrogen and oxygen atoms in total. The molecule has 42 heavy (non-hydrogen) atoms. The highest BCUT2D eigenvalue weighted by Gasteiger charge is 2.34. The molecule has 10 heteroatoms. The van der Waals surface area contributed by atoms with Crippen LogP contribution in [0.25, 0.3) is 0 Å². The Hall–Kier alpha value is -4.05. The number of nitrogens with one attached hydrogen (secondary N) is 1. The van der Waals surface area contributed by atoms with Crippen molar-refractivity contribution in [3.8, 4) is 11.5 Å². The summed E-state index contributed by atoms with van der Waals surface area (Å²) in [5.74, 6) is 0.195. The van der Waals surface area contributed by atoms with E-state index >= 15 is 0 Å². The summed E-state index contributed by atoms with van der Waals surface area (Å²) in [5, 5.41) is 2.94. The van der Waals surface area contributed by atoms with E-state index in [0.717, 1.165) is 22.7 Å². The quantitative estimate of drug-likeness (QED) is 0.234. The van der Waals surface area contributed by atoms with Gasteiger partial charge in [0.15, 0.2) is 0 Å². The predicted molar refractivity (Wildman–Crippen MR) is 164 cm³/mol. The molecule has 1 unspecified atom stereocenters. The Morgan fingerprint density at radius 2 is 1.57 bits per heavy atom. The van der Waals surface area contributed by atoms with E-state index in [0.29, 0.717) is 31.1 Å². The normalized spacial score (nSPS) is 11.8. The van der Waals surface area contributed by atoms with Crippen molar-refractivity contribution in [1.82, 2.24) is 10.2 Å². The minimum absolute atomic E-state index is 0.0372. The molecule has 0 aliphatic rings. The van der Waals surface area contributed by atoms with Crippen LogP contribution in [0.3, 0.4) is 0 Å². The van der Waals surface area contributed by atoms with Crippen molar-refractivity contribution in [3.05, 3.63) is 84.4 Å². The molecular formula is C32H41N3O6S. The largest absolute Gasteiger partial charge is 0.497 e. The number of carbonyl (C=O) groups is 2. The number of nitrogens with zero attached hydrogens (tertiary/aromatic N) is 2. The number of anilines is 1. The summed E-state index contributed by atoms with van der Waals surface area (Å²) in [6.07, 6.45) is 2.07. The number of unbranched alkanes of at least 4 members (excludes halogenated alkanes) is 1. The first kappa shape index (κ1) is 32.5. The molecule has 0 saturated carbocycles. The zero-order valence-corrected chi connectivity index (χ0v) is 25.6. The van der Waals surface area contributed by atoms with Crippen LogP contribution in [-0.4, -0.2) is 58.0 Å². The van der Waals surface area contributed by atoms with Crippen molar-refractivity contribution in [2.24, 2.45) is 0 Å². The molecule has 1 N–H and O–H groups in total. The summed E-state index contributed by atoms with van der Waals surface area (Å²) in [7, 11) is -2.62. The van der Waals surface area contributed by atoms with Crippen LogP contribution in [0.2, 0.25) is 0 Å². The first-order valence-corrected chi connectivity index (χ1v) is 15.7. The second-order valence-corrected chi connectivity index (χ2v) is 11.5. The van der Waals surface area contributed by atoms with Gasteiger partial charge in [-0.05, 0) is 61.7 Å². The van der Waals surface area contributed by atoms with Crippen LogP contribution in [0.5, 0.6) is 11.5 Å². The van der Waals surface area contributed by atoms with Gasteiger partial charge in [-0.15, -0.1) is 0 Å². The third kappa shape index (κ3) is 8.25. The maximum Gasteiger partial charge on any atom is 0.264 e. The summed E-state index contributed by atoms with van der Waals surface area (Å²) in [5.41, 5.74) is 1.01. The van der Waals surface area contributed by atoms with Gasteiger partial charge in [0.05, 0.1) is 24.3 Å². The minimum atomic E-state index is -4.19. The van der Waals surface area contributed by atoms with E-state index < -0.39 is 28.5 Å². The van der Waals surface area contributed by atoms with Crippen LogP contribution < -0.4 is 19.1 Å². The number of rotatable bonds is 16. The molecule has 0 aliphatic carbocycles. The van der Waals surface area contributed by atoms with Crippen molar-refractivity contribution >= 4 is 27.5 Å². The summed E-state index contributed by atoms with van der Waals surface area (Å²) >= 11 is 0. The van der Waals surface area contributed by atoms with Crippen molar-refractivity contribution in [2.45, 2.75) is 57.5 Å². The SMILES string of the molecule is CCCCNC(=O)C(CC)N(Cc1ccc(OC)cc1)C(=O)CN(c1ccccc1OCC)S(=O)(=O)c1ccccc1. The number of hydrogen-bond donors (Lipinski definition) is 1. The Morgan fingerprint density at radius 3 is 2.19 bits per heavy atom. The van der Waals surface area contributed by atoms with E-state index in [1.54, 1.807) is 68.6 Å². The summed E-state index contributed by atoms with van der Waals surface area (Å²) in [4.78, 5) is 29.0. The van der Waals surface area contributed by atoms with Crippen LogP contribution >= 0.6 is 0 Å². The van der Waals surface area contributed by atoms with E-state index in [2.05, 4.69) is 5.32 Å². The summed E-state index contributed by atoms with van der Waals surface area (Å²) in [6, 6.07) is 21.1. The molecule has 0 bridgehead atoms. The van der Waals surface area contributed by atoms with Gasteiger partial charge in [-0.3, -0.25) is 13.9 Å². The number of ether oxygens (including phenoxy) is 2. The molecule has 226 valence electrons. The zero-order chi connectivity index (χ0) is 30.5. The maximum absolute atomic E-state index is 14.2. The smallest absolute Gasteiger partial charge is 0.264 e. The first-order valence-electron chi connectivity index (χ1n) is 14.3. The third-order valence-corrected chi connectivity index (χ3v) is 8.55. The van der Waals surface area contributed by atoms with Crippen molar-refractivity contribution in [3.63, 3.8) is 0 Å². The van der Waals surface area contributed by atoms with Crippen LogP contribution in [0.4, 0.5) is 5.69 Å². The third-order valence-electron chi connectivity index (χ3n) is 6.77. The molecule has 0 spiro atoms. The number of hydrogen-bond acceptors (Lipinski definition) is 6. The van der Waals surface area contributed by atoms with Gasteiger partial charge in [0.1, 0.15) is 24.1 Å². The fourth-order valence-corrected chi connectivity index (χ4v) is 5.97. The van der Waals surface area contributed by atoms with Gasteiger partial charge in [-0.2, -0.15) is 0 Å².